The van der Waals surface area contributed by atoms with Crippen molar-refractivity contribution in [3.63, 3.8) is 0 Å². The van der Waals surface area contributed by atoms with Crippen LogP contribution in [0.25, 0.3) is 0 Å². The van der Waals surface area contributed by atoms with E-state index in [1.807, 2.05) is 26.1 Å². The number of fused-ring (bicyclic) bond motifs is 1. The quantitative estimate of drug-likeness (QED) is 0.809. The molecule has 4 rings (SSSR count). The number of hydrogen-bond donors (Lipinski definition) is 1. The van der Waals surface area contributed by atoms with E-state index in [-0.39, 0.29) is 22.8 Å². The molecule has 2 aliphatic heterocycles. The van der Waals surface area contributed by atoms with Gasteiger partial charge in [0.15, 0.2) is 0 Å². The maximum Gasteiger partial charge on any atom is 0.259 e. The first-order valence-electron chi connectivity index (χ1n) is 10.2. The fourth-order valence-corrected chi connectivity index (χ4v) is 5.27. The highest BCUT2D eigenvalue weighted by Crippen LogP contribution is 2.40. The van der Waals surface area contributed by atoms with Crippen LogP contribution in [0.1, 0.15) is 35.7 Å². The molecule has 0 radical (unpaired) electrons. The molecule has 7 nitrogen and oxygen atoms in total. The lowest BCUT2D eigenvalue weighted by molar-refractivity contribution is 0.102. The van der Waals surface area contributed by atoms with Crippen LogP contribution >= 0.6 is 0 Å². The Kier molecular flexibility index (Phi) is 5.57. The minimum Gasteiger partial charge on any atom is -0.489 e. The van der Waals surface area contributed by atoms with Crippen LogP contribution in [0.5, 0.6) is 5.75 Å². The van der Waals surface area contributed by atoms with Crippen molar-refractivity contribution in [1.82, 2.24) is 9.21 Å². The summed E-state index contributed by atoms with van der Waals surface area (Å²) in [6, 6.07) is 11.9. The molecule has 0 unspecified atom stereocenters. The van der Waals surface area contributed by atoms with Crippen molar-refractivity contribution >= 4 is 21.6 Å². The van der Waals surface area contributed by atoms with Gasteiger partial charge in [-0.25, -0.2) is 8.42 Å². The van der Waals surface area contributed by atoms with Gasteiger partial charge < -0.3 is 15.0 Å². The number of nitrogens with zero attached hydrogens (tertiary/aromatic N) is 2. The van der Waals surface area contributed by atoms with E-state index in [4.69, 9.17) is 4.74 Å². The highest BCUT2D eigenvalue weighted by Gasteiger charge is 2.31. The van der Waals surface area contributed by atoms with E-state index in [1.165, 1.54) is 4.31 Å². The van der Waals surface area contributed by atoms with Gasteiger partial charge in [-0.2, -0.15) is 4.31 Å². The number of likely N-dealkylation sites (N-methyl/N-ethyl adjacent to an activating group) is 1. The van der Waals surface area contributed by atoms with E-state index in [0.29, 0.717) is 43.2 Å². The Morgan fingerprint density at radius 3 is 2.37 bits per heavy atom. The molecule has 0 spiro atoms. The van der Waals surface area contributed by atoms with Crippen molar-refractivity contribution < 1.29 is 17.9 Å². The fourth-order valence-electron chi connectivity index (χ4n) is 3.85. The van der Waals surface area contributed by atoms with Crippen LogP contribution < -0.4 is 10.1 Å². The standard InChI is InChI=1S/C22H27N3O4S/c1-15-16(2)29-21-19(15)5-4-6-20(21)22(26)23-17-7-9-18(10-8-17)30(27,28)25-13-11-24(3)12-14-25/h4-10,15-16H,11-14H2,1-3H3,(H,23,26)/t15-,16-/m1/s1. The normalized spacial score (nSPS) is 22.4. The van der Waals surface area contributed by atoms with Crippen molar-refractivity contribution in [2.45, 2.75) is 30.8 Å². The largest absolute Gasteiger partial charge is 0.489 e. The third-order valence-electron chi connectivity index (χ3n) is 6.00. The Hall–Kier alpha value is -2.42. The van der Waals surface area contributed by atoms with E-state index < -0.39 is 10.0 Å². The second kappa shape index (κ2) is 8.02. The highest BCUT2D eigenvalue weighted by molar-refractivity contribution is 7.89. The minimum absolute atomic E-state index is 0.0213. The Morgan fingerprint density at radius 2 is 1.70 bits per heavy atom. The number of carbonyl (C=O) groups excluding carboxylic acids is 1. The number of para-hydroxylation sites is 1. The lowest BCUT2D eigenvalue weighted by atomic mass is 9.97. The van der Waals surface area contributed by atoms with Crippen LogP contribution in [0.15, 0.2) is 47.4 Å². The van der Waals surface area contributed by atoms with Gasteiger partial charge in [0.1, 0.15) is 11.9 Å². The van der Waals surface area contributed by atoms with E-state index in [1.54, 1.807) is 30.3 Å². The first-order valence-corrected chi connectivity index (χ1v) is 11.6. The van der Waals surface area contributed by atoms with E-state index in [0.717, 1.165) is 5.56 Å². The van der Waals surface area contributed by atoms with Crippen LogP contribution in [0.3, 0.4) is 0 Å². The number of ether oxygens (including phenoxy) is 1. The van der Waals surface area contributed by atoms with Gasteiger partial charge in [0.25, 0.3) is 5.91 Å². The molecule has 2 atom stereocenters. The molecule has 0 aromatic heterocycles. The molecule has 1 saturated heterocycles. The summed E-state index contributed by atoms with van der Waals surface area (Å²) < 4.78 is 33.1. The molecule has 2 aromatic rings. The molecule has 8 heteroatoms. The van der Waals surface area contributed by atoms with Crippen molar-refractivity contribution in [3.05, 3.63) is 53.6 Å². The van der Waals surface area contributed by atoms with Crippen LogP contribution in [0.4, 0.5) is 5.69 Å². The Balaban J connectivity index is 1.49. The number of rotatable bonds is 4. The third kappa shape index (κ3) is 3.82. The molecule has 0 saturated carbocycles. The summed E-state index contributed by atoms with van der Waals surface area (Å²) in [5.41, 5.74) is 2.05. The summed E-state index contributed by atoms with van der Waals surface area (Å²) in [6.45, 7) is 6.46. The van der Waals surface area contributed by atoms with Gasteiger partial charge >= 0.3 is 0 Å². The average molecular weight is 430 g/mol. The van der Waals surface area contributed by atoms with E-state index >= 15 is 0 Å². The van der Waals surface area contributed by atoms with Gasteiger partial charge in [-0.3, -0.25) is 4.79 Å². The van der Waals surface area contributed by atoms with Gasteiger partial charge in [0.05, 0.1) is 10.5 Å². The van der Waals surface area contributed by atoms with Crippen molar-refractivity contribution in [1.29, 1.82) is 0 Å². The molecule has 2 aliphatic rings. The van der Waals surface area contributed by atoms with Crippen molar-refractivity contribution in [3.8, 4) is 5.75 Å². The van der Waals surface area contributed by atoms with E-state index in [2.05, 4.69) is 17.1 Å². The number of piperazine rings is 1. The predicted molar refractivity (Wildman–Crippen MR) is 116 cm³/mol. The number of sulfonamides is 1. The van der Waals surface area contributed by atoms with Crippen LogP contribution in [-0.2, 0) is 10.0 Å². The average Bonchev–Trinajstić information content (AvgIpc) is 3.02. The summed E-state index contributed by atoms with van der Waals surface area (Å²) >= 11 is 0. The van der Waals surface area contributed by atoms with E-state index in [9.17, 15) is 13.2 Å². The Morgan fingerprint density at radius 1 is 1.03 bits per heavy atom. The number of benzene rings is 2. The number of nitrogens with one attached hydrogen (secondary N) is 1. The zero-order chi connectivity index (χ0) is 21.5. The molecular weight excluding hydrogens is 402 g/mol. The monoisotopic (exact) mass is 429 g/mol. The van der Waals surface area contributed by atoms with Gasteiger partial charge in [0, 0.05) is 43.3 Å². The second-order valence-corrected chi connectivity index (χ2v) is 9.96. The molecule has 160 valence electrons. The van der Waals surface area contributed by atoms with Gasteiger partial charge in [-0.1, -0.05) is 19.1 Å². The fraction of sp³-hybridized carbons (Fsp3) is 0.409. The van der Waals surface area contributed by atoms with Gasteiger partial charge in [-0.15, -0.1) is 0 Å². The summed E-state index contributed by atoms with van der Waals surface area (Å²) in [5, 5.41) is 2.85. The highest BCUT2D eigenvalue weighted by atomic mass is 32.2. The molecular formula is C22H27N3O4S. The predicted octanol–water partition coefficient (Wildman–Crippen LogP) is 2.76. The number of amides is 1. The maximum absolute atomic E-state index is 12.8. The number of anilines is 1. The van der Waals surface area contributed by atoms with Crippen LogP contribution in [-0.4, -0.2) is 62.9 Å². The molecule has 2 heterocycles. The Labute approximate surface area is 177 Å². The first kappa shape index (κ1) is 20.8. The van der Waals surface area contributed by atoms with Gasteiger partial charge in [-0.05, 0) is 44.3 Å². The number of hydrogen-bond acceptors (Lipinski definition) is 5. The maximum atomic E-state index is 12.8. The third-order valence-corrected chi connectivity index (χ3v) is 7.91. The first-order chi connectivity index (χ1) is 14.3. The zero-order valence-corrected chi connectivity index (χ0v) is 18.3. The molecule has 2 aromatic carbocycles. The van der Waals surface area contributed by atoms with Crippen molar-refractivity contribution in [2.75, 3.05) is 38.5 Å². The summed E-state index contributed by atoms with van der Waals surface area (Å²) in [4.78, 5) is 15.2. The molecule has 1 fully saturated rings. The van der Waals surface area contributed by atoms with Crippen LogP contribution in [0.2, 0.25) is 0 Å². The summed E-state index contributed by atoms with van der Waals surface area (Å²) in [5.74, 6) is 0.582. The second-order valence-electron chi connectivity index (χ2n) is 8.02. The molecule has 0 bridgehead atoms. The SMILES string of the molecule is C[C@H]1Oc2c(C(=O)Nc3ccc(S(=O)(=O)N4CCN(C)CC4)cc3)cccc2[C@@H]1C. The molecule has 1 amide bonds. The zero-order valence-electron chi connectivity index (χ0n) is 17.5. The lowest BCUT2D eigenvalue weighted by Gasteiger charge is -2.31. The summed E-state index contributed by atoms with van der Waals surface area (Å²) in [7, 11) is -1.55. The molecule has 1 N–H and O–H groups in total. The minimum atomic E-state index is -3.53. The topological polar surface area (TPSA) is 78.9 Å². The number of carbonyl (C=O) groups is 1. The molecule has 30 heavy (non-hydrogen) atoms. The molecule has 0 aliphatic carbocycles. The smallest absolute Gasteiger partial charge is 0.259 e. The lowest BCUT2D eigenvalue weighted by Crippen LogP contribution is -2.46. The van der Waals surface area contributed by atoms with Crippen molar-refractivity contribution in [2.24, 2.45) is 0 Å². The van der Waals surface area contributed by atoms with Gasteiger partial charge in [0.2, 0.25) is 10.0 Å². The van der Waals surface area contributed by atoms with Crippen LogP contribution in [0, 0.1) is 0 Å². The summed E-state index contributed by atoms with van der Waals surface area (Å²) in [6.07, 6.45) is 0.0213. The Bertz CT molecular complexity index is 1040.